The van der Waals surface area contributed by atoms with Gasteiger partial charge in [0, 0.05) is 16.0 Å². The van der Waals surface area contributed by atoms with Crippen molar-refractivity contribution in [2.45, 2.75) is 52.1 Å². The van der Waals surface area contributed by atoms with E-state index < -0.39 is 0 Å². The Morgan fingerprint density at radius 1 is 1.35 bits per heavy atom. The second-order valence-electron chi connectivity index (χ2n) is 5.97. The molecule has 1 saturated carbocycles. The van der Waals surface area contributed by atoms with E-state index in [0.29, 0.717) is 12.0 Å². The van der Waals surface area contributed by atoms with Crippen LogP contribution in [0.1, 0.15) is 44.6 Å². The minimum atomic E-state index is 0.199. The summed E-state index contributed by atoms with van der Waals surface area (Å²) in [6, 6.07) is 6.10. The molecule has 0 amide bonds. The van der Waals surface area contributed by atoms with E-state index in [1.807, 2.05) is 25.1 Å². The van der Waals surface area contributed by atoms with Crippen molar-refractivity contribution >= 4 is 22.2 Å². The van der Waals surface area contributed by atoms with Gasteiger partial charge in [0.25, 0.3) is 0 Å². The van der Waals surface area contributed by atoms with Crippen LogP contribution in [0.15, 0.2) is 22.7 Å². The average Bonchev–Trinajstić information content (AvgIpc) is 2.46. The van der Waals surface area contributed by atoms with E-state index in [2.05, 4.69) is 22.9 Å². The third-order valence-corrected chi connectivity index (χ3v) is 5.10. The van der Waals surface area contributed by atoms with E-state index in [4.69, 9.17) is 4.74 Å². The van der Waals surface area contributed by atoms with Gasteiger partial charge in [-0.15, -0.1) is 0 Å². The zero-order valence-electron chi connectivity index (χ0n) is 12.3. The van der Waals surface area contributed by atoms with Crippen LogP contribution in [0.4, 0.5) is 0 Å². The maximum atomic E-state index is 10.7. The Hall–Kier alpha value is -0.830. The summed E-state index contributed by atoms with van der Waals surface area (Å²) in [7, 11) is 0. The zero-order valence-corrected chi connectivity index (χ0v) is 13.9. The van der Waals surface area contributed by atoms with Gasteiger partial charge in [-0.25, -0.2) is 0 Å². The van der Waals surface area contributed by atoms with Crippen LogP contribution in [0, 0.1) is 18.8 Å². The Labute approximate surface area is 130 Å². The van der Waals surface area contributed by atoms with Crippen LogP contribution >= 0.6 is 15.9 Å². The molecule has 0 aliphatic heterocycles. The Balaban J connectivity index is 1.85. The SMILES string of the molecule is Cc1c(Br)cccc1OC1CCC(C[C@H](C)C=O)CC1. The Morgan fingerprint density at radius 3 is 2.70 bits per heavy atom. The topological polar surface area (TPSA) is 26.3 Å². The van der Waals surface area contributed by atoms with Crippen molar-refractivity contribution < 1.29 is 9.53 Å². The molecule has 1 aliphatic carbocycles. The predicted octanol–water partition coefficient (Wildman–Crippen LogP) is 4.92. The van der Waals surface area contributed by atoms with Gasteiger partial charge in [-0.3, -0.25) is 0 Å². The average molecular weight is 339 g/mol. The van der Waals surface area contributed by atoms with Crippen LogP contribution in [-0.4, -0.2) is 12.4 Å². The van der Waals surface area contributed by atoms with Crippen molar-refractivity contribution in [3.8, 4) is 5.75 Å². The van der Waals surface area contributed by atoms with Crippen molar-refractivity contribution in [1.29, 1.82) is 0 Å². The lowest BCUT2D eigenvalue weighted by Gasteiger charge is -2.30. The first-order valence-electron chi connectivity index (χ1n) is 7.47. The summed E-state index contributed by atoms with van der Waals surface area (Å²) >= 11 is 3.54. The third kappa shape index (κ3) is 4.08. The summed E-state index contributed by atoms with van der Waals surface area (Å²) < 4.78 is 7.25. The fourth-order valence-corrected chi connectivity index (χ4v) is 3.31. The standard InChI is InChI=1S/C17H23BrO2/c1-12(11-19)10-14-6-8-15(9-7-14)20-17-5-3-4-16(18)13(17)2/h3-5,11-12,14-15H,6-10H2,1-2H3/t12-,14?,15?/m0/s1. The van der Waals surface area contributed by atoms with Crippen molar-refractivity contribution in [3.63, 3.8) is 0 Å². The van der Waals surface area contributed by atoms with Gasteiger partial charge in [-0.2, -0.15) is 0 Å². The number of halogens is 1. The molecule has 0 saturated heterocycles. The molecule has 0 bridgehead atoms. The van der Waals surface area contributed by atoms with Gasteiger partial charge >= 0.3 is 0 Å². The van der Waals surface area contributed by atoms with Crippen molar-refractivity contribution in [2.75, 3.05) is 0 Å². The molecule has 0 heterocycles. The third-order valence-electron chi connectivity index (χ3n) is 4.24. The number of hydrogen-bond donors (Lipinski definition) is 0. The molecule has 0 radical (unpaired) electrons. The lowest BCUT2D eigenvalue weighted by atomic mass is 9.82. The number of carbonyl (C=O) groups is 1. The van der Waals surface area contributed by atoms with E-state index in [-0.39, 0.29) is 5.92 Å². The van der Waals surface area contributed by atoms with Crippen LogP contribution in [0.3, 0.4) is 0 Å². The molecule has 0 unspecified atom stereocenters. The normalized spacial score (nSPS) is 24.1. The van der Waals surface area contributed by atoms with Crippen molar-refractivity contribution in [3.05, 3.63) is 28.2 Å². The monoisotopic (exact) mass is 338 g/mol. The molecule has 20 heavy (non-hydrogen) atoms. The van der Waals surface area contributed by atoms with E-state index >= 15 is 0 Å². The molecule has 3 heteroatoms. The van der Waals surface area contributed by atoms with Crippen LogP contribution < -0.4 is 4.74 Å². The first-order chi connectivity index (χ1) is 9.60. The Morgan fingerprint density at radius 2 is 2.05 bits per heavy atom. The number of rotatable bonds is 5. The predicted molar refractivity (Wildman–Crippen MR) is 85.1 cm³/mol. The molecule has 1 aliphatic rings. The number of aldehydes is 1. The first-order valence-corrected chi connectivity index (χ1v) is 8.26. The highest BCUT2D eigenvalue weighted by molar-refractivity contribution is 9.10. The largest absolute Gasteiger partial charge is 0.490 e. The molecule has 110 valence electrons. The molecular weight excluding hydrogens is 316 g/mol. The number of hydrogen-bond acceptors (Lipinski definition) is 2. The van der Waals surface area contributed by atoms with E-state index in [0.717, 1.165) is 35.8 Å². The van der Waals surface area contributed by atoms with Crippen molar-refractivity contribution in [2.24, 2.45) is 11.8 Å². The van der Waals surface area contributed by atoms with E-state index in [1.165, 1.54) is 18.4 Å². The summed E-state index contributed by atoms with van der Waals surface area (Å²) in [6.45, 7) is 4.09. The fourth-order valence-electron chi connectivity index (χ4n) is 2.96. The second kappa shape index (κ2) is 7.26. The molecule has 2 rings (SSSR count). The van der Waals surface area contributed by atoms with Gasteiger partial charge in [0.2, 0.25) is 0 Å². The minimum absolute atomic E-state index is 0.199. The molecule has 1 aromatic carbocycles. The summed E-state index contributed by atoms with van der Waals surface area (Å²) in [6.07, 6.45) is 6.99. The van der Waals surface area contributed by atoms with Crippen LogP contribution in [0.2, 0.25) is 0 Å². The van der Waals surface area contributed by atoms with E-state index in [9.17, 15) is 4.79 Å². The van der Waals surface area contributed by atoms with Gasteiger partial charge < -0.3 is 9.53 Å². The molecule has 0 aromatic heterocycles. The number of ether oxygens (including phenoxy) is 1. The van der Waals surface area contributed by atoms with E-state index in [1.54, 1.807) is 0 Å². The second-order valence-corrected chi connectivity index (χ2v) is 6.83. The van der Waals surface area contributed by atoms with Crippen LogP contribution in [0.5, 0.6) is 5.75 Å². The maximum absolute atomic E-state index is 10.7. The fraction of sp³-hybridized carbons (Fsp3) is 0.588. The number of benzene rings is 1. The van der Waals surface area contributed by atoms with Crippen molar-refractivity contribution in [1.82, 2.24) is 0 Å². The van der Waals surface area contributed by atoms with Crippen LogP contribution in [-0.2, 0) is 4.79 Å². The molecule has 1 fully saturated rings. The minimum Gasteiger partial charge on any atom is -0.490 e. The number of carbonyl (C=O) groups excluding carboxylic acids is 1. The maximum Gasteiger partial charge on any atom is 0.123 e. The molecule has 2 nitrogen and oxygen atoms in total. The summed E-state index contributed by atoms with van der Waals surface area (Å²) in [5.41, 5.74) is 1.17. The Bertz CT molecular complexity index is 450. The zero-order chi connectivity index (χ0) is 14.5. The highest BCUT2D eigenvalue weighted by Gasteiger charge is 2.24. The summed E-state index contributed by atoms with van der Waals surface area (Å²) in [5, 5.41) is 0. The molecule has 0 N–H and O–H groups in total. The molecule has 1 atom stereocenters. The first kappa shape index (κ1) is 15.6. The summed E-state index contributed by atoms with van der Waals surface area (Å²) in [5.74, 6) is 1.88. The van der Waals surface area contributed by atoms with Gasteiger partial charge in [0.1, 0.15) is 12.0 Å². The highest BCUT2D eigenvalue weighted by Crippen LogP contribution is 2.33. The van der Waals surface area contributed by atoms with Gasteiger partial charge in [0.05, 0.1) is 6.10 Å². The highest BCUT2D eigenvalue weighted by atomic mass is 79.9. The van der Waals surface area contributed by atoms with Crippen LogP contribution in [0.25, 0.3) is 0 Å². The molecule has 0 spiro atoms. The molecular formula is C17H23BrO2. The summed E-state index contributed by atoms with van der Waals surface area (Å²) in [4.78, 5) is 10.7. The smallest absolute Gasteiger partial charge is 0.123 e. The van der Waals surface area contributed by atoms with Gasteiger partial charge in [0.15, 0.2) is 0 Å². The lowest BCUT2D eigenvalue weighted by molar-refractivity contribution is -0.111. The Kier molecular flexibility index (Phi) is 5.64. The van der Waals surface area contributed by atoms with Gasteiger partial charge in [-0.05, 0) is 57.1 Å². The van der Waals surface area contributed by atoms with Gasteiger partial charge in [-0.1, -0.05) is 28.9 Å². The lowest BCUT2D eigenvalue weighted by Crippen LogP contribution is -2.25. The molecule has 1 aromatic rings. The quantitative estimate of drug-likeness (QED) is 0.712.